The SMILES string of the molecule is O=c1oc2cc(CCc3cccc(OCc4ccc5ccccc5n4)c3)ccc2cc1-c1nnn[nH]1. The number of aryl methyl sites for hydroxylation is 2. The van der Waals surface area contributed by atoms with E-state index in [4.69, 9.17) is 9.15 Å². The quantitative estimate of drug-likeness (QED) is 0.328. The van der Waals surface area contributed by atoms with E-state index in [1.165, 1.54) is 0 Å². The van der Waals surface area contributed by atoms with Gasteiger partial charge in [0, 0.05) is 10.8 Å². The van der Waals surface area contributed by atoms with Crippen molar-refractivity contribution in [3.05, 3.63) is 112 Å². The maximum atomic E-state index is 12.4. The number of pyridine rings is 1. The minimum absolute atomic E-state index is 0.285. The topological polar surface area (TPSA) is 107 Å². The Morgan fingerprint density at radius 1 is 0.833 bits per heavy atom. The van der Waals surface area contributed by atoms with E-state index < -0.39 is 5.63 Å². The number of rotatable bonds is 7. The van der Waals surface area contributed by atoms with Crippen molar-refractivity contribution in [3.63, 3.8) is 0 Å². The van der Waals surface area contributed by atoms with E-state index >= 15 is 0 Å². The van der Waals surface area contributed by atoms with Crippen LogP contribution in [0.15, 0.2) is 94.1 Å². The van der Waals surface area contributed by atoms with Gasteiger partial charge in [0.25, 0.3) is 0 Å². The molecule has 3 aromatic carbocycles. The van der Waals surface area contributed by atoms with Crippen LogP contribution in [0.2, 0.25) is 0 Å². The Balaban J connectivity index is 1.13. The third kappa shape index (κ3) is 4.56. The van der Waals surface area contributed by atoms with Crippen molar-refractivity contribution in [2.45, 2.75) is 19.4 Å². The molecule has 36 heavy (non-hydrogen) atoms. The molecular formula is C28H21N5O3. The number of nitrogens with zero attached hydrogens (tertiary/aromatic N) is 4. The second kappa shape index (κ2) is 9.42. The van der Waals surface area contributed by atoms with Crippen LogP contribution in [-0.2, 0) is 19.4 Å². The normalized spacial score (nSPS) is 11.2. The standard InChI is InChI=1S/C28H21N5O3/c34-28-24(27-30-32-33-31-27)16-21-11-10-19(15-26(21)36-28)9-8-18-4-3-6-23(14-18)35-17-22-13-12-20-5-1-2-7-25(20)29-22/h1-7,10-16H,8-9,17H2,(H,30,31,32,33). The number of H-pyrrole nitrogens is 1. The number of aromatic nitrogens is 5. The van der Waals surface area contributed by atoms with Gasteiger partial charge in [0.1, 0.15) is 23.5 Å². The van der Waals surface area contributed by atoms with Crippen molar-refractivity contribution in [2.75, 3.05) is 0 Å². The fourth-order valence-corrected chi connectivity index (χ4v) is 4.17. The molecule has 8 nitrogen and oxygen atoms in total. The van der Waals surface area contributed by atoms with Gasteiger partial charge in [0.05, 0.1) is 11.2 Å². The molecule has 0 unspecified atom stereocenters. The molecule has 6 aromatic rings. The van der Waals surface area contributed by atoms with Crippen LogP contribution in [0.5, 0.6) is 5.75 Å². The average molecular weight is 476 g/mol. The molecule has 0 aliphatic heterocycles. The predicted molar refractivity (Wildman–Crippen MR) is 136 cm³/mol. The fourth-order valence-electron chi connectivity index (χ4n) is 4.17. The molecule has 0 atom stereocenters. The first kappa shape index (κ1) is 21.7. The lowest BCUT2D eigenvalue weighted by atomic mass is 10.0. The van der Waals surface area contributed by atoms with Gasteiger partial charge in [0.2, 0.25) is 0 Å². The second-order valence-electron chi connectivity index (χ2n) is 8.50. The number of hydrogen-bond acceptors (Lipinski definition) is 7. The van der Waals surface area contributed by atoms with Gasteiger partial charge in [-0.1, -0.05) is 48.5 Å². The molecule has 0 aliphatic carbocycles. The van der Waals surface area contributed by atoms with Crippen molar-refractivity contribution in [3.8, 4) is 17.1 Å². The van der Waals surface area contributed by atoms with Gasteiger partial charge in [-0.3, -0.25) is 0 Å². The lowest BCUT2D eigenvalue weighted by molar-refractivity contribution is 0.301. The van der Waals surface area contributed by atoms with Crippen molar-refractivity contribution in [1.29, 1.82) is 0 Å². The molecule has 8 heteroatoms. The zero-order chi connectivity index (χ0) is 24.3. The summed E-state index contributed by atoms with van der Waals surface area (Å²) in [5, 5.41) is 15.3. The Bertz CT molecular complexity index is 1730. The summed E-state index contributed by atoms with van der Waals surface area (Å²) in [7, 11) is 0. The van der Waals surface area contributed by atoms with Gasteiger partial charge in [-0.25, -0.2) is 14.9 Å². The zero-order valence-electron chi connectivity index (χ0n) is 19.2. The molecule has 0 spiro atoms. The monoisotopic (exact) mass is 475 g/mol. The number of hydrogen-bond donors (Lipinski definition) is 1. The molecule has 3 aromatic heterocycles. The molecule has 176 valence electrons. The largest absolute Gasteiger partial charge is 0.487 e. The molecule has 0 fully saturated rings. The Labute approximate surface area is 205 Å². The fraction of sp³-hybridized carbons (Fsp3) is 0.107. The molecule has 0 aliphatic rings. The Morgan fingerprint density at radius 2 is 1.69 bits per heavy atom. The van der Waals surface area contributed by atoms with Crippen LogP contribution in [0.1, 0.15) is 16.8 Å². The smallest absolute Gasteiger partial charge is 0.347 e. The zero-order valence-corrected chi connectivity index (χ0v) is 19.2. The summed E-state index contributed by atoms with van der Waals surface area (Å²) < 4.78 is 11.5. The lowest BCUT2D eigenvalue weighted by Crippen LogP contribution is -2.04. The Hall–Kier alpha value is -4.85. The molecule has 0 radical (unpaired) electrons. The highest BCUT2D eigenvalue weighted by molar-refractivity contribution is 5.81. The number of para-hydroxylation sites is 1. The van der Waals surface area contributed by atoms with E-state index in [0.29, 0.717) is 17.8 Å². The number of aromatic amines is 1. The summed E-state index contributed by atoms with van der Waals surface area (Å²) >= 11 is 0. The van der Waals surface area contributed by atoms with Gasteiger partial charge >= 0.3 is 5.63 Å². The van der Waals surface area contributed by atoms with E-state index in [1.54, 1.807) is 6.07 Å². The first-order valence-corrected chi connectivity index (χ1v) is 11.6. The highest BCUT2D eigenvalue weighted by Crippen LogP contribution is 2.22. The van der Waals surface area contributed by atoms with E-state index in [1.807, 2.05) is 60.7 Å². The summed E-state index contributed by atoms with van der Waals surface area (Å²) in [6.07, 6.45) is 1.62. The molecule has 6 rings (SSSR count). The molecule has 0 saturated carbocycles. The van der Waals surface area contributed by atoms with Gasteiger partial charge in [0.15, 0.2) is 5.82 Å². The molecule has 1 N–H and O–H groups in total. The van der Waals surface area contributed by atoms with Gasteiger partial charge in [-0.05, 0) is 70.8 Å². The van der Waals surface area contributed by atoms with E-state index in [9.17, 15) is 4.79 Å². The minimum Gasteiger partial charge on any atom is -0.487 e. The Morgan fingerprint density at radius 3 is 2.58 bits per heavy atom. The third-order valence-corrected chi connectivity index (χ3v) is 6.04. The number of nitrogens with one attached hydrogen (secondary N) is 1. The third-order valence-electron chi connectivity index (χ3n) is 6.04. The first-order chi connectivity index (χ1) is 17.7. The van der Waals surface area contributed by atoms with Gasteiger partial charge in [-0.2, -0.15) is 0 Å². The van der Waals surface area contributed by atoms with E-state index in [0.717, 1.165) is 51.7 Å². The van der Waals surface area contributed by atoms with Crippen molar-refractivity contribution >= 4 is 21.9 Å². The average Bonchev–Trinajstić information content (AvgIpc) is 3.45. The van der Waals surface area contributed by atoms with Gasteiger partial charge in [-0.15, -0.1) is 5.10 Å². The summed E-state index contributed by atoms with van der Waals surface area (Å²) in [6, 6.07) is 27.8. The maximum absolute atomic E-state index is 12.4. The van der Waals surface area contributed by atoms with Crippen LogP contribution in [0.3, 0.4) is 0 Å². The second-order valence-corrected chi connectivity index (χ2v) is 8.50. The van der Waals surface area contributed by atoms with E-state index in [2.05, 4.69) is 43.8 Å². The van der Waals surface area contributed by atoms with Crippen LogP contribution in [-0.4, -0.2) is 25.6 Å². The number of ether oxygens (including phenoxy) is 1. The van der Waals surface area contributed by atoms with Crippen LogP contribution >= 0.6 is 0 Å². The number of fused-ring (bicyclic) bond motifs is 2. The lowest BCUT2D eigenvalue weighted by Gasteiger charge is -2.09. The molecule has 0 saturated heterocycles. The number of tetrazole rings is 1. The molecular weight excluding hydrogens is 454 g/mol. The first-order valence-electron chi connectivity index (χ1n) is 11.6. The Kier molecular flexibility index (Phi) is 5.67. The van der Waals surface area contributed by atoms with Crippen LogP contribution in [0.25, 0.3) is 33.3 Å². The summed E-state index contributed by atoms with van der Waals surface area (Å²) in [6.45, 7) is 0.407. The number of benzene rings is 3. The summed E-state index contributed by atoms with van der Waals surface area (Å²) in [4.78, 5) is 17.1. The van der Waals surface area contributed by atoms with Crippen molar-refractivity contribution in [1.82, 2.24) is 25.6 Å². The van der Waals surface area contributed by atoms with Crippen molar-refractivity contribution < 1.29 is 9.15 Å². The maximum Gasteiger partial charge on any atom is 0.347 e. The van der Waals surface area contributed by atoms with Crippen molar-refractivity contribution in [2.24, 2.45) is 0 Å². The highest BCUT2D eigenvalue weighted by atomic mass is 16.5. The minimum atomic E-state index is -0.482. The van der Waals surface area contributed by atoms with Gasteiger partial charge < -0.3 is 9.15 Å². The summed E-state index contributed by atoms with van der Waals surface area (Å²) in [5.41, 5.74) is 4.44. The molecule has 3 heterocycles. The summed E-state index contributed by atoms with van der Waals surface area (Å²) in [5.74, 6) is 1.09. The molecule has 0 amide bonds. The van der Waals surface area contributed by atoms with E-state index in [-0.39, 0.29) is 5.82 Å². The van der Waals surface area contributed by atoms with Crippen LogP contribution < -0.4 is 10.4 Å². The highest BCUT2D eigenvalue weighted by Gasteiger charge is 2.11. The molecule has 0 bridgehead atoms. The van der Waals surface area contributed by atoms with Crippen LogP contribution in [0, 0.1) is 0 Å². The predicted octanol–water partition coefficient (Wildman–Crippen LogP) is 4.89. The van der Waals surface area contributed by atoms with Crippen LogP contribution in [0.4, 0.5) is 0 Å².